The molecule has 5 heteroatoms. The lowest BCUT2D eigenvalue weighted by Crippen LogP contribution is -2.32. The van der Waals surface area contributed by atoms with Crippen molar-refractivity contribution >= 4 is 24.4 Å². The summed E-state index contributed by atoms with van der Waals surface area (Å²) in [5.41, 5.74) is 1.19. The highest BCUT2D eigenvalue weighted by Gasteiger charge is 2.28. The normalized spacial score (nSPS) is 20.9. The maximum Gasteiger partial charge on any atom is 0.228 e. The molecule has 0 amide bonds. The Hall–Kier alpha value is -2.30. The zero-order valence-electron chi connectivity index (χ0n) is 9.24. The van der Waals surface area contributed by atoms with Crippen LogP contribution in [-0.2, 0) is 0 Å². The van der Waals surface area contributed by atoms with Crippen molar-refractivity contribution in [1.29, 1.82) is 0 Å². The molecule has 1 aromatic rings. The Bertz CT molecular complexity index is 554. The van der Waals surface area contributed by atoms with Crippen molar-refractivity contribution in [2.24, 2.45) is 20.0 Å². The number of aryl methyl sites for hydroxylation is 1. The monoisotopic (exact) mass is 226 g/mol. The van der Waals surface area contributed by atoms with Gasteiger partial charge in [0, 0.05) is 0 Å². The van der Waals surface area contributed by atoms with Crippen LogP contribution in [0.5, 0.6) is 5.75 Å². The number of benzene rings is 1. The lowest BCUT2D eigenvalue weighted by atomic mass is 10.2. The van der Waals surface area contributed by atoms with Crippen molar-refractivity contribution in [2.75, 3.05) is 0 Å². The van der Waals surface area contributed by atoms with Crippen LogP contribution in [0.15, 0.2) is 44.2 Å². The fourth-order valence-electron chi connectivity index (χ4n) is 1.60. The van der Waals surface area contributed by atoms with Crippen molar-refractivity contribution in [1.82, 2.24) is 0 Å². The summed E-state index contributed by atoms with van der Waals surface area (Å²) in [6.07, 6.45) is 2.92. The summed E-state index contributed by atoms with van der Waals surface area (Å²) in [4.78, 5) is 16.3. The molecule has 0 saturated heterocycles. The van der Waals surface area contributed by atoms with Crippen LogP contribution in [0.2, 0.25) is 0 Å². The van der Waals surface area contributed by atoms with E-state index in [0.29, 0.717) is 11.7 Å². The number of aliphatic imine (C=N–C) groups is 4. The van der Waals surface area contributed by atoms with Gasteiger partial charge >= 0.3 is 0 Å². The average Bonchev–Trinajstić information content (AvgIpc) is 2.81. The predicted molar refractivity (Wildman–Crippen MR) is 67.4 cm³/mol. The highest BCUT2D eigenvalue weighted by molar-refractivity contribution is 6.18. The van der Waals surface area contributed by atoms with Gasteiger partial charge in [-0.3, -0.25) is 4.99 Å². The minimum absolute atomic E-state index is 0.290. The fourth-order valence-corrected chi connectivity index (χ4v) is 1.60. The number of hydrogen-bond donors (Lipinski definition) is 0. The second-order valence-electron chi connectivity index (χ2n) is 3.78. The van der Waals surface area contributed by atoms with Crippen LogP contribution in [0.25, 0.3) is 0 Å². The molecule has 0 spiro atoms. The molecule has 0 aliphatic carbocycles. The van der Waals surface area contributed by atoms with E-state index in [1.807, 2.05) is 31.2 Å². The molecule has 2 heterocycles. The summed E-state index contributed by atoms with van der Waals surface area (Å²) < 4.78 is 5.69. The van der Waals surface area contributed by atoms with Crippen molar-refractivity contribution in [3.8, 4) is 5.75 Å². The Labute approximate surface area is 98.3 Å². The summed E-state index contributed by atoms with van der Waals surface area (Å²) >= 11 is 0. The highest BCUT2D eigenvalue weighted by Crippen LogP contribution is 2.16. The van der Waals surface area contributed by atoms with Crippen molar-refractivity contribution in [3.63, 3.8) is 0 Å². The van der Waals surface area contributed by atoms with Crippen LogP contribution < -0.4 is 4.74 Å². The fraction of sp³-hybridized carbons (Fsp3) is 0.167. The summed E-state index contributed by atoms with van der Waals surface area (Å²) in [5, 5.41) is 0. The molecule has 0 bridgehead atoms. The van der Waals surface area contributed by atoms with E-state index in [0.717, 1.165) is 5.75 Å². The molecular formula is C12H10N4O. The van der Waals surface area contributed by atoms with Crippen molar-refractivity contribution in [3.05, 3.63) is 29.8 Å². The van der Waals surface area contributed by atoms with Gasteiger partial charge in [0.2, 0.25) is 5.90 Å². The molecule has 3 rings (SSSR count). The molecule has 1 aromatic carbocycles. The second kappa shape index (κ2) is 3.93. The third-order valence-corrected chi connectivity index (χ3v) is 2.50. The topological polar surface area (TPSA) is 58.7 Å². The zero-order chi connectivity index (χ0) is 11.7. The van der Waals surface area contributed by atoms with Gasteiger partial charge < -0.3 is 4.74 Å². The van der Waals surface area contributed by atoms with Crippen molar-refractivity contribution < 1.29 is 4.74 Å². The molecule has 5 nitrogen and oxygen atoms in total. The number of ether oxygens (including phenoxy) is 1. The summed E-state index contributed by atoms with van der Waals surface area (Å²) in [5.74, 6) is 1.88. The van der Waals surface area contributed by atoms with Gasteiger partial charge in [0.1, 0.15) is 18.4 Å². The number of hydrogen-bond acceptors (Lipinski definition) is 5. The molecule has 1 atom stereocenters. The van der Waals surface area contributed by atoms with E-state index in [2.05, 4.69) is 20.0 Å². The molecule has 1 unspecified atom stereocenters. The average molecular weight is 226 g/mol. The number of nitrogens with zero attached hydrogens (tertiary/aromatic N) is 4. The molecule has 0 radical (unpaired) electrons. The van der Waals surface area contributed by atoms with Gasteiger partial charge in [-0.25, -0.2) is 15.0 Å². The van der Waals surface area contributed by atoms with E-state index in [1.165, 1.54) is 18.2 Å². The molecule has 0 saturated carbocycles. The first-order chi connectivity index (χ1) is 8.33. The quantitative estimate of drug-likeness (QED) is 0.717. The van der Waals surface area contributed by atoms with Crippen LogP contribution in [0, 0.1) is 6.92 Å². The third kappa shape index (κ3) is 1.87. The number of rotatable bonds is 1. The smallest absolute Gasteiger partial charge is 0.228 e. The zero-order valence-corrected chi connectivity index (χ0v) is 9.24. The van der Waals surface area contributed by atoms with E-state index in [4.69, 9.17) is 4.74 Å². The van der Waals surface area contributed by atoms with Crippen molar-refractivity contribution in [2.45, 2.75) is 13.0 Å². The molecule has 0 N–H and O–H groups in total. The Morgan fingerprint density at radius 1 is 1.06 bits per heavy atom. The molecule has 0 fully saturated rings. The first kappa shape index (κ1) is 9.89. The third-order valence-electron chi connectivity index (χ3n) is 2.50. The van der Waals surface area contributed by atoms with E-state index >= 15 is 0 Å². The molecule has 2 aliphatic rings. The molecule has 0 aromatic heterocycles. The van der Waals surface area contributed by atoms with Gasteiger partial charge in [0.25, 0.3) is 0 Å². The maximum atomic E-state index is 5.69. The maximum absolute atomic E-state index is 5.69. The van der Waals surface area contributed by atoms with Gasteiger partial charge in [-0.1, -0.05) is 17.7 Å². The van der Waals surface area contributed by atoms with Crippen LogP contribution in [0.3, 0.4) is 0 Å². The van der Waals surface area contributed by atoms with Crippen LogP contribution in [0.4, 0.5) is 0 Å². The predicted octanol–water partition coefficient (Wildman–Crippen LogP) is 1.62. The summed E-state index contributed by atoms with van der Waals surface area (Å²) in [6.45, 7) is 2.03. The van der Waals surface area contributed by atoms with Gasteiger partial charge in [-0.2, -0.15) is 0 Å². The van der Waals surface area contributed by atoms with Gasteiger partial charge in [0.15, 0.2) is 11.9 Å². The van der Waals surface area contributed by atoms with Crippen LogP contribution in [-0.4, -0.2) is 30.5 Å². The van der Waals surface area contributed by atoms with E-state index in [9.17, 15) is 0 Å². The molecule has 17 heavy (non-hydrogen) atoms. The van der Waals surface area contributed by atoms with E-state index < -0.39 is 0 Å². The van der Waals surface area contributed by atoms with Crippen LogP contribution >= 0.6 is 0 Å². The minimum Gasteiger partial charge on any atom is -0.440 e. The Morgan fingerprint density at radius 2 is 1.88 bits per heavy atom. The number of fused-ring (bicyclic) bond motifs is 1. The Morgan fingerprint density at radius 3 is 2.71 bits per heavy atom. The van der Waals surface area contributed by atoms with E-state index in [1.54, 1.807) is 0 Å². The summed E-state index contributed by atoms with van der Waals surface area (Å²) in [6, 6.07) is 7.48. The lowest BCUT2D eigenvalue weighted by molar-refractivity contribution is 0.533. The van der Waals surface area contributed by atoms with E-state index in [-0.39, 0.29) is 6.04 Å². The van der Waals surface area contributed by atoms with Gasteiger partial charge in [-0.15, -0.1) is 0 Å². The Balaban J connectivity index is 1.84. The van der Waals surface area contributed by atoms with Crippen LogP contribution in [0.1, 0.15) is 5.56 Å². The number of amidine groups is 1. The highest BCUT2D eigenvalue weighted by atomic mass is 16.5. The first-order valence-corrected chi connectivity index (χ1v) is 5.27. The second-order valence-corrected chi connectivity index (χ2v) is 3.78. The summed E-state index contributed by atoms with van der Waals surface area (Å²) in [7, 11) is 0. The lowest BCUT2D eigenvalue weighted by Gasteiger charge is -2.14. The first-order valence-electron chi connectivity index (χ1n) is 5.27. The largest absolute Gasteiger partial charge is 0.440 e. The van der Waals surface area contributed by atoms with Gasteiger partial charge in [-0.05, 0) is 19.1 Å². The SMILES string of the molecule is Cc1ccc(OC2=NC=NC3=NC=NC32)cc1. The minimum atomic E-state index is -0.290. The molecular weight excluding hydrogens is 216 g/mol. The van der Waals surface area contributed by atoms with Gasteiger partial charge in [0.05, 0.1) is 0 Å². The molecule has 84 valence electrons. The Kier molecular flexibility index (Phi) is 2.29. The molecule has 2 aliphatic heterocycles. The standard InChI is InChI=1S/C12H10N4O/c1-8-2-4-9(5-3-8)17-12-10-11(14-6-13-10)15-7-16-12/h2-7,10H,1H3.